The van der Waals surface area contributed by atoms with Crippen molar-refractivity contribution >= 4 is 29.4 Å². The highest BCUT2D eigenvalue weighted by molar-refractivity contribution is 6.12. The van der Waals surface area contributed by atoms with Gasteiger partial charge in [0.15, 0.2) is 0 Å². The first-order chi connectivity index (χ1) is 18.4. The number of fused-ring (bicyclic) bond motifs is 4. The lowest BCUT2D eigenvalue weighted by Crippen LogP contribution is -2.59. The van der Waals surface area contributed by atoms with Crippen molar-refractivity contribution in [3.63, 3.8) is 0 Å². The molecule has 2 amide bonds. The minimum atomic E-state index is -1.54. The molecule has 4 N–H and O–H groups in total. The van der Waals surface area contributed by atoms with Gasteiger partial charge in [-0.3, -0.25) is 24.5 Å². The van der Waals surface area contributed by atoms with E-state index >= 15 is 0 Å². The Labute approximate surface area is 218 Å². The third-order valence-corrected chi connectivity index (χ3v) is 8.38. The molecule has 38 heavy (non-hydrogen) atoms. The number of benzene rings is 3. The minimum absolute atomic E-state index is 0.400. The molecule has 1 aliphatic carbocycles. The molecule has 3 aromatic rings. The molecular weight excluding hydrogens is 486 g/mol. The predicted molar refractivity (Wildman–Crippen MR) is 136 cm³/mol. The van der Waals surface area contributed by atoms with E-state index in [4.69, 9.17) is 4.74 Å². The highest BCUT2D eigenvalue weighted by Gasteiger charge is 2.96. The van der Waals surface area contributed by atoms with Crippen LogP contribution in [0.3, 0.4) is 0 Å². The molecule has 192 valence electrons. The zero-order chi connectivity index (χ0) is 26.7. The van der Waals surface area contributed by atoms with Gasteiger partial charge in [-0.2, -0.15) is 0 Å². The molecule has 6 rings (SSSR count). The Kier molecular flexibility index (Phi) is 5.19. The summed E-state index contributed by atoms with van der Waals surface area (Å²) in [5.74, 6) is -3.74. The first kappa shape index (κ1) is 23.9. The number of piperidine rings is 1. The SMILES string of the molecule is COC(=O)[C@@H]1[C@@]2(c3ccccc3)[C@@H](C(=O)NCC(=O)O)N[C@@]3(C(=O)Nc4ccccc43)[C@@]12c1ccccc1. The summed E-state index contributed by atoms with van der Waals surface area (Å²) in [6.07, 6.45) is 0. The van der Waals surface area contributed by atoms with Crippen molar-refractivity contribution in [1.82, 2.24) is 10.6 Å². The molecule has 5 atom stereocenters. The molecule has 9 nitrogen and oxygen atoms in total. The van der Waals surface area contributed by atoms with Crippen LogP contribution in [-0.2, 0) is 40.3 Å². The van der Waals surface area contributed by atoms with E-state index in [1.54, 1.807) is 18.2 Å². The first-order valence-corrected chi connectivity index (χ1v) is 12.2. The van der Waals surface area contributed by atoms with Gasteiger partial charge >= 0.3 is 11.9 Å². The number of ether oxygens (including phenoxy) is 1. The summed E-state index contributed by atoms with van der Waals surface area (Å²) in [5, 5.41) is 18.1. The number of amides is 2. The zero-order valence-corrected chi connectivity index (χ0v) is 20.4. The quantitative estimate of drug-likeness (QED) is 0.370. The largest absolute Gasteiger partial charge is 0.480 e. The minimum Gasteiger partial charge on any atom is -0.480 e. The molecule has 2 heterocycles. The van der Waals surface area contributed by atoms with Crippen LogP contribution in [-0.4, -0.2) is 48.6 Å². The Morgan fingerprint density at radius 1 is 0.921 bits per heavy atom. The molecule has 2 fully saturated rings. The van der Waals surface area contributed by atoms with Crippen LogP contribution in [0.15, 0.2) is 84.9 Å². The van der Waals surface area contributed by atoms with Crippen molar-refractivity contribution in [3.05, 3.63) is 102 Å². The predicted octanol–water partition coefficient (Wildman–Crippen LogP) is 1.69. The number of carbonyl (C=O) groups excluding carboxylic acids is 3. The average molecular weight is 512 g/mol. The normalized spacial score (nSPS) is 30.2. The summed E-state index contributed by atoms with van der Waals surface area (Å²) >= 11 is 0. The van der Waals surface area contributed by atoms with Gasteiger partial charge in [-0.15, -0.1) is 0 Å². The van der Waals surface area contributed by atoms with Gasteiger partial charge in [-0.1, -0.05) is 78.9 Å². The second-order valence-corrected chi connectivity index (χ2v) is 9.80. The van der Waals surface area contributed by atoms with Gasteiger partial charge < -0.3 is 20.5 Å². The molecule has 1 saturated heterocycles. The molecule has 1 saturated carbocycles. The van der Waals surface area contributed by atoms with E-state index in [0.717, 1.165) is 0 Å². The molecule has 3 aromatic carbocycles. The second kappa shape index (κ2) is 8.26. The van der Waals surface area contributed by atoms with E-state index in [9.17, 15) is 24.3 Å². The average Bonchev–Trinajstić information content (AvgIpc) is 3.37. The number of para-hydroxylation sites is 1. The van der Waals surface area contributed by atoms with Crippen LogP contribution < -0.4 is 16.0 Å². The molecule has 0 radical (unpaired) electrons. The van der Waals surface area contributed by atoms with Gasteiger partial charge in [0.2, 0.25) is 11.8 Å². The Morgan fingerprint density at radius 3 is 2.16 bits per heavy atom. The van der Waals surface area contributed by atoms with Gasteiger partial charge in [0.05, 0.1) is 24.5 Å². The van der Waals surface area contributed by atoms with Crippen molar-refractivity contribution in [1.29, 1.82) is 0 Å². The molecule has 9 heteroatoms. The highest BCUT2D eigenvalue weighted by atomic mass is 16.5. The topological polar surface area (TPSA) is 134 Å². The number of hydrogen-bond acceptors (Lipinski definition) is 6. The molecule has 0 unspecified atom stereocenters. The van der Waals surface area contributed by atoms with E-state index < -0.39 is 58.6 Å². The number of nitrogens with one attached hydrogen (secondary N) is 3. The Hall–Kier alpha value is -4.50. The maximum atomic E-state index is 14.2. The van der Waals surface area contributed by atoms with Gasteiger partial charge in [-0.05, 0) is 17.2 Å². The third kappa shape index (κ3) is 2.68. The molecule has 1 spiro atoms. The van der Waals surface area contributed by atoms with Crippen molar-refractivity contribution in [2.24, 2.45) is 5.92 Å². The number of carboxylic acids is 1. The third-order valence-electron chi connectivity index (χ3n) is 8.38. The van der Waals surface area contributed by atoms with Crippen LogP contribution in [0.4, 0.5) is 5.69 Å². The van der Waals surface area contributed by atoms with Crippen molar-refractivity contribution in [3.8, 4) is 0 Å². The number of hydrogen-bond donors (Lipinski definition) is 4. The molecule has 3 aliphatic rings. The number of aliphatic carboxylic acids is 1. The zero-order valence-electron chi connectivity index (χ0n) is 20.4. The lowest BCUT2D eigenvalue weighted by molar-refractivity contribution is -0.145. The number of anilines is 1. The summed E-state index contributed by atoms with van der Waals surface area (Å²) in [7, 11) is 1.29. The monoisotopic (exact) mass is 511 g/mol. The fraction of sp³-hybridized carbons (Fsp3) is 0.241. The van der Waals surface area contributed by atoms with Crippen molar-refractivity contribution in [2.75, 3.05) is 19.0 Å². The van der Waals surface area contributed by atoms with Crippen LogP contribution in [0.5, 0.6) is 0 Å². The fourth-order valence-corrected chi connectivity index (χ4v) is 7.27. The Bertz CT molecular complexity index is 1480. The number of rotatable bonds is 6. The van der Waals surface area contributed by atoms with E-state index in [1.807, 2.05) is 66.7 Å². The first-order valence-electron chi connectivity index (χ1n) is 12.2. The van der Waals surface area contributed by atoms with E-state index in [0.29, 0.717) is 22.4 Å². The Balaban J connectivity index is 1.72. The van der Waals surface area contributed by atoms with Gasteiger partial charge in [0.1, 0.15) is 12.1 Å². The Morgan fingerprint density at radius 2 is 1.53 bits per heavy atom. The molecule has 0 bridgehead atoms. The molecule has 0 aromatic heterocycles. The molecular formula is C29H25N3O6. The number of carbonyl (C=O) groups is 4. The van der Waals surface area contributed by atoms with Crippen molar-refractivity contribution < 1.29 is 29.0 Å². The lowest BCUT2D eigenvalue weighted by Gasteiger charge is -2.36. The van der Waals surface area contributed by atoms with Crippen molar-refractivity contribution in [2.45, 2.75) is 22.4 Å². The summed E-state index contributed by atoms with van der Waals surface area (Å²) in [5.41, 5.74) is -1.57. The smallest absolute Gasteiger partial charge is 0.322 e. The summed E-state index contributed by atoms with van der Waals surface area (Å²) in [6, 6.07) is 24.4. The van der Waals surface area contributed by atoms with Crippen LogP contribution in [0.1, 0.15) is 16.7 Å². The number of carboxylic acid groups (broad SMARTS) is 1. The maximum absolute atomic E-state index is 14.2. The van der Waals surface area contributed by atoms with Crippen LogP contribution in [0.25, 0.3) is 0 Å². The number of methoxy groups -OCH3 is 1. The number of esters is 1. The standard InChI is InChI=1S/C29H25N3O6/c1-38-25(36)22-27(17-10-4-2-5-11-17)23(24(35)30-16-21(33)34)32-29(28(22,27)18-12-6-3-7-13-18)19-14-8-9-15-20(19)31-26(29)37/h2-15,22-23,32H,16H2,1H3,(H,30,35)(H,31,37)(H,33,34)/t22-,23-,27+,28+,29+/m1/s1. The van der Waals surface area contributed by atoms with Crippen LogP contribution >= 0.6 is 0 Å². The molecule has 2 aliphatic heterocycles. The summed E-state index contributed by atoms with van der Waals surface area (Å²) < 4.78 is 5.33. The van der Waals surface area contributed by atoms with Crippen LogP contribution in [0, 0.1) is 5.92 Å². The maximum Gasteiger partial charge on any atom is 0.322 e. The van der Waals surface area contributed by atoms with Gasteiger partial charge in [-0.25, -0.2) is 0 Å². The fourth-order valence-electron chi connectivity index (χ4n) is 7.27. The highest BCUT2D eigenvalue weighted by Crippen LogP contribution is 2.82. The van der Waals surface area contributed by atoms with Gasteiger partial charge in [0.25, 0.3) is 0 Å². The summed E-state index contributed by atoms with van der Waals surface area (Å²) in [6.45, 7) is -0.612. The summed E-state index contributed by atoms with van der Waals surface area (Å²) in [4.78, 5) is 53.1. The van der Waals surface area contributed by atoms with E-state index in [-0.39, 0.29) is 0 Å². The second-order valence-electron chi connectivity index (χ2n) is 9.80. The van der Waals surface area contributed by atoms with Crippen LogP contribution in [0.2, 0.25) is 0 Å². The van der Waals surface area contributed by atoms with E-state index in [1.165, 1.54) is 7.11 Å². The lowest BCUT2D eigenvalue weighted by atomic mass is 9.68. The van der Waals surface area contributed by atoms with Gasteiger partial charge in [0, 0.05) is 16.7 Å². The van der Waals surface area contributed by atoms with E-state index in [2.05, 4.69) is 16.0 Å².